The molecule has 1 N–H and O–H groups in total. The van der Waals surface area contributed by atoms with Gasteiger partial charge in [0.2, 0.25) is 0 Å². The summed E-state index contributed by atoms with van der Waals surface area (Å²) in [6.45, 7) is 4.50. The van der Waals surface area contributed by atoms with Gasteiger partial charge < -0.3 is 5.11 Å². The molecule has 0 aliphatic heterocycles. The van der Waals surface area contributed by atoms with Gasteiger partial charge in [-0.25, -0.2) is 0 Å². The Morgan fingerprint density at radius 1 is 1.36 bits per heavy atom. The zero-order valence-electron chi connectivity index (χ0n) is 9.16. The molecule has 0 aliphatic carbocycles. The largest absolute Gasteiger partial charge is 0.396 e. The highest BCUT2D eigenvalue weighted by molar-refractivity contribution is 5.26. The van der Waals surface area contributed by atoms with Gasteiger partial charge in [-0.1, -0.05) is 44.5 Å². The minimum Gasteiger partial charge on any atom is -0.396 e. The topological polar surface area (TPSA) is 20.2 Å². The third-order valence-corrected chi connectivity index (χ3v) is 2.61. The van der Waals surface area contributed by atoms with Crippen molar-refractivity contribution in [1.82, 2.24) is 0 Å². The van der Waals surface area contributed by atoms with E-state index >= 15 is 0 Å². The lowest BCUT2D eigenvalue weighted by Gasteiger charge is -2.09. The minimum absolute atomic E-state index is 0.233. The summed E-state index contributed by atoms with van der Waals surface area (Å²) in [5.74, 6) is 0.261. The van der Waals surface area contributed by atoms with E-state index < -0.39 is 0 Å². The number of aliphatic hydroxyl groups excluding tert-OH is 1. The molecular weight excluding hydrogens is 172 g/mol. The van der Waals surface area contributed by atoms with Crippen LogP contribution in [0, 0.1) is 0 Å². The molecule has 0 bridgehead atoms. The fraction of sp³-hybridized carbons (Fsp3) is 0.538. The molecule has 14 heavy (non-hydrogen) atoms. The van der Waals surface area contributed by atoms with Crippen LogP contribution in [0.15, 0.2) is 24.3 Å². The number of rotatable bonds is 5. The molecule has 78 valence electrons. The summed E-state index contributed by atoms with van der Waals surface area (Å²) in [7, 11) is 0. The van der Waals surface area contributed by atoms with Gasteiger partial charge in [-0.3, -0.25) is 0 Å². The first-order chi connectivity index (χ1) is 6.77. The first-order valence-electron chi connectivity index (χ1n) is 5.47. The third-order valence-electron chi connectivity index (χ3n) is 2.61. The van der Waals surface area contributed by atoms with Crippen LogP contribution in [0.2, 0.25) is 0 Å². The molecule has 0 aromatic heterocycles. The Labute approximate surface area is 86.8 Å². The van der Waals surface area contributed by atoms with Crippen LogP contribution in [0.1, 0.15) is 43.7 Å². The number of unbranched alkanes of at least 4 members (excludes halogenated alkanes) is 1. The number of hydrogen-bond donors (Lipinski definition) is 1. The molecule has 1 heteroatoms. The Morgan fingerprint density at radius 2 is 2.14 bits per heavy atom. The average Bonchev–Trinajstić information content (AvgIpc) is 2.25. The molecule has 1 nitrogen and oxygen atoms in total. The zero-order chi connectivity index (χ0) is 10.4. The predicted molar refractivity (Wildman–Crippen MR) is 60.6 cm³/mol. The van der Waals surface area contributed by atoms with Gasteiger partial charge >= 0.3 is 0 Å². The molecule has 0 heterocycles. The lowest BCUT2D eigenvalue weighted by atomic mass is 9.98. The summed E-state index contributed by atoms with van der Waals surface area (Å²) in [5, 5.41) is 9.06. The SMILES string of the molecule is CCCCc1cccc(C(C)CO)c1. The van der Waals surface area contributed by atoms with Crippen LogP contribution in [0.4, 0.5) is 0 Å². The molecule has 0 saturated heterocycles. The molecule has 0 fully saturated rings. The molecule has 0 saturated carbocycles. The van der Waals surface area contributed by atoms with E-state index in [1.165, 1.54) is 24.0 Å². The zero-order valence-corrected chi connectivity index (χ0v) is 9.16. The van der Waals surface area contributed by atoms with Crippen LogP contribution in [0.25, 0.3) is 0 Å². The highest BCUT2D eigenvalue weighted by atomic mass is 16.3. The van der Waals surface area contributed by atoms with Crippen molar-refractivity contribution in [2.75, 3.05) is 6.61 Å². The summed E-state index contributed by atoms with van der Waals surface area (Å²) in [4.78, 5) is 0. The van der Waals surface area contributed by atoms with Crippen LogP contribution in [-0.4, -0.2) is 11.7 Å². The van der Waals surface area contributed by atoms with E-state index in [0.29, 0.717) is 0 Å². The minimum atomic E-state index is 0.233. The third kappa shape index (κ3) is 3.15. The van der Waals surface area contributed by atoms with E-state index in [4.69, 9.17) is 5.11 Å². The van der Waals surface area contributed by atoms with E-state index in [0.717, 1.165) is 6.42 Å². The number of hydrogen-bond acceptors (Lipinski definition) is 1. The van der Waals surface area contributed by atoms with Crippen LogP contribution in [0.5, 0.6) is 0 Å². The average molecular weight is 192 g/mol. The van der Waals surface area contributed by atoms with Gasteiger partial charge in [0.15, 0.2) is 0 Å². The molecule has 1 aromatic carbocycles. The van der Waals surface area contributed by atoms with Crippen LogP contribution in [0.3, 0.4) is 0 Å². The lowest BCUT2D eigenvalue weighted by Crippen LogP contribution is -1.99. The van der Waals surface area contributed by atoms with Gasteiger partial charge in [-0.15, -0.1) is 0 Å². The van der Waals surface area contributed by atoms with E-state index in [9.17, 15) is 0 Å². The van der Waals surface area contributed by atoms with E-state index in [1.54, 1.807) is 0 Å². The maximum Gasteiger partial charge on any atom is 0.0497 e. The summed E-state index contributed by atoms with van der Waals surface area (Å²) in [5.41, 5.74) is 2.64. The normalized spacial score (nSPS) is 12.8. The van der Waals surface area contributed by atoms with Crippen molar-refractivity contribution in [2.45, 2.75) is 39.0 Å². The lowest BCUT2D eigenvalue weighted by molar-refractivity contribution is 0.273. The Balaban J connectivity index is 2.68. The molecule has 0 aliphatic rings. The summed E-state index contributed by atoms with van der Waals surface area (Å²) < 4.78 is 0. The molecule has 0 amide bonds. The van der Waals surface area contributed by atoms with Gasteiger partial charge in [0, 0.05) is 12.5 Å². The Morgan fingerprint density at radius 3 is 2.79 bits per heavy atom. The Bertz CT molecular complexity index is 268. The van der Waals surface area contributed by atoms with E-state index in [-0.39, 0.29) is 12.5 Å². The van der Waals surface area contributed by atoms with Crippen molar-refractivity contribution in [3.8, 4) is 0 Å². The Hall–Kier alpha value is -0.820. The van der Waals surface area contributed by atoms with Crippen molar-refractivity contribution in [1.29, 1.82) is 0 Å². The first-order valence-corrected chi connectivity index (χ1v) is 5.47. The van der Waals surface area contributed by atoms with Gasteiger partial charge in [-0.05, 0) is 24.0 Å². The maximum atomic E-state index is 9.06. The molecule has 1 atom stereocenters. The molecule has 0 spiro atoms. The van der Waals surface area contributed by atoms with Crippen molar-refractivity contribution in [3.05, 3.63) is 35.4 Å². The van der Waals surface area contributed by atoms with Crippen molar-refractivity contribution in [3.63, 3.8) is 0 Å². The van der Waals surface area contributed by atoms with Gasteiger partial charge in [-0.2, -0.15) is 0 Å². The second-order valence-corrected chi connectivity index (χ2v) is 3.93. The molecule has 1 unspecified atom stereocenters. The van der Waals surface area contributed by atoms with Crippen LogP contribution >= 0.6 is 0 Å². The molecular formula is C13H20O. The van der Waals surface area contributed by atoms with Crippen molar-refractivity contribution >= 4 is 0 Å². The summed E-state index contributed by atoms with van der Waals surface area (Å²) in [6, 6.07) is 8.57. The summed E-state index contributed by atoms with van der Waals surface area (Å²) >= 11 is 0. The van der Waals surface area contributed by atoms with Crippen molar-refractivity contribution in [2.24, 2.45) is 0 Å². The van der Waals surface area contributed by atoms with Gasteiger partial charge in [0.1, 0.15) is 0 Å². The van der Waals surface area contributed by atoms with Crippen LogP contribution in [-0.2, 0) is 6.42 Å². The second-order valence-electron chi connectivity index (χ2n) is 3.93. The second kappa shape index (κ2) is 5.82. The fourth-order valence-electron chi connectivity index (χ4n) is 1.54. The highest BCUT2D eigenvalue weighted by Crippen LogP contribution is 2.16. The first kappa shape index (κ1) is 11.3. The molecule has 1 aromatic rings. The standard InChI is InChI=1S/C13H20O/c1-3-4-6-12-7-5-8-13(9-12)11(2)10-14/h5,7-9,11,14H,3-4,6,10H2,1-2H3. The quantitative estimate of drug-likeness (QED) is 0.760. The molecule has 1 rings (SSSR count). The Kier molecular flexibility index (Phi) is 4.68. The van der Waals surface area contributed by atoms with Crippen LogP contribution < -0.4 is 0 Å². The number of benzene rings is 1. The summed E-state index contributed by atoms with van der Waals surface area (Å²) in [6.07, 6.45) is 3.64. The number of aryl methyl sites for hydroxylation is 1. The monoisotopic (exact) mass is 192 g/mol. The van der Waals surface area contributed by atoms with Crippen molar-refractivity contribution < 1.29 is 5.11 Å². The smallest absolute Gasteiger partial charge is 0.0497 e. The molecule has 0 radical (unpaired) electrons. The predicted octanol–water partition coefficient (Wildman–Crippen LogP) is 3.13. The van der Waals surface area contributed by atoms with Gasteiger partial charge in [0.05, 0.1) is 0 Å². The number of aliphatic hydroxyl groups is 1. The van der Waals surface area contributed by atoms with E-state index in [2.05, 4.69) is 38.1 Å². The fourth-order valence-corrected chi connectivity index (χ4v) is 1.54. The van der Waals surface area contributed by atoms with E-state index in [1.807, 2.05) is 0 Å². The highest BCUT2D eigenvalue weighted by Gasteiger charge is 2.03. The van der Waals surface area contributed by atoms with Gasteiger partial charge in [0.25, 0.3) is 0 Å². The maximum absolute atomic E-state index is 9.06.